The van der Waals surface area contributed by atoms with E-state index in [1.807, 2.05) is 55.5 Å². The van der Waals surface area contributed by atoms with Crippen molar-refractivity contribution in [3.8, 4) is 11.5 Å². The van der Waals surface area contributed by atoms with Gasteiger partial charge in [-0.25, -0.2) is 0 Å². The van der Waals surface area contributed by atoms with Gasteiger partial charge in [0.2, 0.25) is 5.76 Å². The van der Waals surface area contributed by atoms with Crippen molar-refractivity contribution >= 4 is 34.2 Å². The van der Waals surface area contributed by atoms with E-state index in [4.69, 9.17) is 25.5 Å². The van der Waals surface area contributed by atoms with E-state index in [9.17, 15) is 9.59 Å². The lowest BCUT2D eigenvalue weighted by molar-refractivity contribution is 0.0971. The third-order valence-electron chi connectivity index (χ3n) is 6.45. The largest absolute Gasteiger partial charge is 0.494 e. The van der Waals surface area contributed by atoms with Crippen LogP contribution in [0.5, 0.6) is 11.5 Å². The number of fused-ring (bicyclic) bond motifs is 2. The molecule has 1 amide bonds. The number of benzene rings is 3. The Morgan fingerprint density at radius 2 is 1.73 bits per heavy atom. The molecule has 0 saturated heterocycles. The zero-order valence-corrected chi connectivity index (χ0v) is 21.6. The highest BCUT2D eigenvalue weighted by Crippen LogP contribution is 2.42. The fourth-order valence-electron chi connectivity index (χ4n) is 4.71. The molecule has 2 heterocycles. The van der Waals surface area contributed by atoms with Crippen LogP contribution in [0.25, 0.3) is 11.0 Å². The predicted octanol–water partition coefficient (Wildman–Crippen LogP) is 7.16. The zero-order chi connectivity index (χ0) is 25.9. The van der Waals surface area contributed by atoms with Crippen molar-refractivity contribution in [1.82, 2.24) is 0 Å². The van der Waals surface area contributed by atoms with Crippen molar-refractivity contribution in [3.63, 3.8) is 0 Å². The van der Waals surface area contributed by atoms with Crippen LogP contribution in [0.4, 0.5) is 5.69 Å². The SMILES string of the molecule is CCCCCOc1cccc(C2c3c(oc4ccc(Cl)cc4c3=O)C(=O)N2c2ccc(OCC)cc2)c1. The molecule has 6 nitrogen and oxygen atoms in total. The highest BCUT2D eigenvalue weighted by Gasteiger charge is 2.43. The molecule has 0 saturated carbocycles. The molecule has 5 rings (SSSR count). The van der Waals surface area contributed by atoms with Crippen molar-refractivity contribution in [2.24, 2.45) is 0 Å². The minimum Gasteiger partial charge on any atom is -0.494 e. The molecule has 190 valence electrons. The van der Waals surface area contributed by atoms with E-state index in [0.29, 0.717) is 46.4 Å². The lowest BCUT2D eigenvalue weighted by Crippen LogP contribution is -2.29. The predicted molar refractivity (Wildman–Crippen MR) is 145 cm³/mol. The Kier molecular flexibility index (Phi) is 7.19. The summed E-state index contributed by atoms with van der Waals surface area (Å²) in [5.74, 6) is 1.04. The van der Waals surface area contributed by atoms with Gasteiger partial charge in [0, 0.05) is 10.7 Å². The summed E-state index contributed by atoms with van der Waals surface area (Å²) in [4.78, 5) is 29.2. The summed E-state index contributed by atoms with van der Waals surface area (Å²) in [5, 5.41) is 0.760. The Morgan fingerprint density at radius 1 is 0.919 bits per heavy atom. The summed E-state index contributed by atoms with van der Waals surface area (Å²) in [6.45, 7) is 5.20. The van der Waals surface area contributed by atoms with Gasteiger partial charge in [-0.1, -0.05) is 43.5 Å². The monoisotopic (exact) mass is 517 g/mol. The number of hydrogen-bond acceptors (Lipinski definition) is 5. The number of hydrogen-bond donors (Lipinski definition) is 0. The van der Waals surface area contributed by atoms with Gasteiger partial charge in [-0.2, -0.15) is 0 Å². The van der Waals surface area contributed by atoms with Gasteiger partial charge in [-0.3, -0.25) is 14.5 Å². The molecule has 0 spiro atoms. The van der Waals surface area contributed by atoms with E-state index in [1.165, 1.54) is 0 Å². The van der Waals surface area contributed by atoms with Gasteiger partial charge < -0.3 is 13.9 Å². The van der Waals surface area contributed by atoms with Crippen molar-refractivity contribution in [1.29, 1.82) is 0 Å². The molecule has 1 aliphatic rings. The van der Waals surface area contributed by atoms with Gasteiger partial charge >= 0.3 is 0 Å². The highest BCUT2D eigenvalue weighted by molar-refractivity contribution is 6.31. The van der Waals surface area contributed by atoms with E-state index in [-0.39, 0.29) is 22.7 Å². The number of carbonyl (C=O) groups is 1. The van der Waals surface area contributed by atoms with Crippen molar-refractivity contribution < 1.29 is 18.7 Å². The van der Waals surface area contributed by atoms with Crippen LogP contribution >= 0.6 is 11.6 Å². The van der Waals surface area contributed by atoms with E-state index in [1.54, 1.807) is 23.1 Å². The molecule has 7 heteroatoms. The molecule has 4 aromatic rings. The normalized spacial score (nSPS) is 14.7. The summed E-state index contributed by atoms with van der Waals surface area (Å²) in [7, 11) is 0. The molecular formula is C30H28ClNO5. The fourth-order valence-corrected chi connectivity index (χ4v) is 4.89. The Balaban J connectivity index is 1.64. The second-order valence-electron chi connectivity index (χ2n) is 8.95. The molecule has 1 unspecified atom stereocenters. The molecule has 0 bridgehead atoms. The Morgan fingerprint density at radius 3 is 2.49 bits per heavy atom. The number of rotatable bonds is 9. The average Bonchev–Trinajstić information content (AvgIpc) is 3.20. The van der Waals surface area contributed by atoms with Crippen molar-refractivity contribution in [2.45, 2.75) is 39.2 Å². The van der Waals surface area contributed by atoms with Crippen molar-refractivity contribution in [2.75, 3.05) is 18.1 Å². The minimum absolute atomic E-state index is 0.0352. The Hall–Kier alpha value is -3.77. The molecule has 1 aliphatic heterocycles. The number of anilines is 1. The van der Waals surface area contributed by atoms with Gasteiger partial charge in [-0.05, 0) is 73.5 Å². The summed E-state index contributed by atoms with van der Waals surface area (Å²) in [6, 6.07) is 18.9. The van der Waals surface area contributed by atoms with Gasteiger partial charge in [0.05, 0.1) is 30.2 Å². The van der Waals surface area contributed by atoms with Crippen LogP contribution in [0.2, 0.25) is 5.02 Å². The average molecular weight is 518 g/mol. The molecule has 0 radical (unpaired) electrons. The van der Waals surface area contributed by atoms with Gasteiger partial charge in [0.15, 0.2) is 5.43 Å². The summed E-state index contributed by atoms with van der Waals surface area (Å²) < 4.78 is 17.6. The molecule has 37 heavy (non-hydrogen) atoms. The molecule has 0 fully saturated rings. The van der Waals surface area contributed by atoms with Crippen LogP contribution in [0.1, 0.15) is 60.8 Å². The standard InChI is InChI=1S/C30H28ClNO5/c1-3-5-6-16-36-23-9-7-8-19(17-23)27-26-28(33)24-18-20(31)10-15-25(24)37-29(26)30(34)32(27)21-11-13-22(14-12-21)35-4-2/h7-15,17-18,27H,3-6,16H2,1-2H3. The summed E-state index contributed by atoms with van der Waals surface area (Å²) in [6.07, 6.45) is 3.15. The first-order valence-electron chi connectivity index (χ1n) is 12.6. The maximum atomic E-state index is 13.8. The van der Waals surface area contributed by atoms with Gasteiger partial charge in [0.25, 0.3) is 5.91 Å². The highest BCUT2D eigenvalue weighted by atomic mass is 35.5. The minimum atomic E-state index is -0.695. The first-order valence-corrected chi connectivity index (χ1v) is 12.9. The first kappa shape index (κ1) is 24.9. The second-order valence-corrected chi connectivity index (χ2v) is 9.38. The number of halogens is 1. The third kappa shape index (κ3) is 4.81. The van der Waals surface area contributed by atoms with Crippen LogP contribution in [0.15, 0.2) is 75.9 Å². The zero-order valence-electron chi connectivity index (χ0n) is 20.8. The molecule has 1 aromatic heterocycles. The number of nitrogens with zero attached hydrogens (tertiary/aromatic N) is 1. The third-order valence-corrected chi connectivity index (χ3v) is 6.68. The molecule has 0 N–H and O–H groups in total. The van der Waals surface area contributed by atoms with Crippen LogP contribution in [0.3, 0.4) is 0 Å². The quantitative estimate of drug-likeness (QED) is 0.220. The number of amides is 1. The van der Waals surface area contributed by atoms with E-state index >= 15 is 0 Å². The van der Waals surface area contributed by atoms with E-state index < -0.39 is 6.04 Å². The molecular weight excluding hydrogens is 490 g/mol. The maximum absolute atomic E-state index is 13.8. The second kappa shape index (κ2) is 10.7. The Labute approximate surface area is 220 Å². The molecule has 0 aliphatic carbocycles. The number of carbonyl (C=O) groups excluding carboxylic acids is 1. The van der Waals surface area contributed by atoms with Crippen LogP contribution in [-0.2, 0) is 0 Å². The molecule has 1 atom stereocenters. The van der Waals surface area contributed by atoms with E-state index in [2.05, 4.69) is 6.92 Å². The Bertz CT molecular complexity index is 1490. The fraction of sp³-hybridized carbons (Fsp3) is 0.267. The van der Waals surface area contributed by atoms with Crippen molar-refractivity contribution in [3.05, 3.63) is 98.9 Å². The maximum Gasteiger partial charge on any atom is 0.295 e. The summed E-state index contributed by atoms with van der Waals surface area (Å²) >= 11 is 6.19. The number of unbranched alkanes of at least 4 members (excludes halogenated alkanes) is 2. The molecule has 3 aromatic carbocycles. The topological polar surface area (TPSA) is 69.0 Å². The van der Waals surface area contributed by atoms with E-state index in [0.717, 1.165) is 24.8 Å². The smallest absolute Gasteiger partial charge is 0.295 e. The lowest BCUT2D eigenvalue weighted by atomic mass is 9.98. The van der Waals surface area contributed by atoms with Crippen LogP contribution in [0, 0.1) is 0 Å². The van der Waals surface area contributed by atoms with Crippen LogP contribution in [-0.4, -0.2) is 19.1 Å². The first-order chi connectivity index (χ1) is 18.0. The number of ether oxygens (including phenoxy) is 2. The summed E-state index contributed by atoms with van der Waals surface area (Å²) in [5.41, 5.74) is 1.71. The van der Waals surface area contributed by atoms with Gasteiger partial charge in [0.1, 0.15) is 17.1 Å². The van der Waals surface area contributed by atoms with Crippen LogP contribution < -0.4 is 19.8 Å². The van der Waals surface area contributed by atoms with Gasteiger partial charge in [-0.15, -0.1) is 0 Å². The lowest BCUT2D eigenvalue weighted by Gasteiger charge is -2.25.